The minimum atomic E-state index is -0.756. The summed E-state index contributed by atoms with van der Waals surface area (Å²) in [5.74, 6) is 0. The first kappa shape index (κ1) is 6.66. The number of primary amides is 1. The smallest absolute Gasteiger partial charge is 0.336 e. The maximum Gasteiger partial charge on any atom is 0.336 e. The molecule has 1 heterocycles. The number of urea groups is 2. The van der Waals surface area contributed by atoms with Gasteiger partial charge in [0.1, 0.15) is 0 Å². The Hall–Kier alpha value is -1.46. The van der Waals surface area contributed by atoms with E-state index in [1.807, 2.05) is 0 Å². The Morgan fingerprint density at radius 2 is 2.60 bits per heavy atom. The van der Waals surface area contributed by atoms with Crippen LogP contribution in [0.3, 0.4) is 0 Å². The predicted molar refractivity (Wildman–Crippen MR) is 32.3 cm³/mol. The number of amides is 4. The summed E-state index contributed by atoms with van der Waals surface area (Å²) < 4.78 is 0. The number of nitrogens with zero attached hydrogens (tertiary/aromatic N) is 1. The molecule has 0 aliphatic carbocycles. The predicted octanol–water partition coefficient (Wildman–Crippen LogP) is -1.24. The van der Waals surface area contributed by atoms with Gasteiger partial charge in [0.2, 0.25) is 0 Å². The summed E-state index contributed by atoms with van der Waals surface area (Å²) in [5.41, 5.74) is 6.84. The van der Waals surface area contributed by atoms with Crippen molar-refractivity contribution in [3.63, 3.8) is 0 Å². The van der Waals surface area contributed by atoms with Crippen LogP contribution in [0.1, 0.15) is 0 Å². The van der Waals surface area contributed by atoms with Crippen LogP contribution < -0.4 is 16.5 Å². The van der Waals surface area contributed by atoms with Gasteiger partial charge in [-0.05, 0) is 0 Å². The Labute approximate surface area is 57.3 Å². The van der Waals surface area contributed by atoms with Crippen molar-refractivity contribution in [2.24, 2.45) is 5.73 Å². The fourth-order valence-corrected chi connectivity index (χ4v) is 0.607. The fourth-order valence-electron chi connectivity index (χ4n) is 0.607. The van der Waals surface area contributed by atoms with Crippen molar-refractivity contribution in [1.29, 1.82) is 0 Å². The maximum atomic E-state index is 10.6. The van der Waals surface area contributed by atoms with Crippen molar-refractivity contribution < 1.29 is 9.59 Å². The third-order valence-electron chi connectivity index (χ3n) is 0.977. The Morgan fingerprint density at radius 1 is 1.90 bits per heavy atom. The fraction of sp³-hybridized carbons (Fsp3) is 0.250. The van der Waals surface area contributed by atoms with Crippen molar-refractivity contribution in [3.8, 4) is 0 Å². The first-order chi connectivity index (χ1) is 4.70. The lowest BCUT2D eigenvalue weighted by Gasteiger charge is -2.11. The van der Waals surface area contributed by atoms with E-state index in [9.17, 15) is 9.59 Å². The summed E-state index contributed by atoms with van der Waals surface area (Å²) in [6, 6.07) is -1.13. The van der Waals surface area contributed by atoms with E-state index in [0.29, 0.717) is 6.54 Å². The highest BCUT2D eigenvalue weighted by atomic mass is 16.2. The molecule has 6 heteroatoms. The second-order valence-electron chi connectivity index (χ2n) is 1.71. The zero-order valence-electron chi connectivity index (χ0n) is 5.13. The zero-order chi connectivity index (χ0) is 7.56. The number of carbonyl (C=O) groups excluding carboxylic acids is 2. The zero-order valence-corrected chi connectivity index (χ0v) is 5.13. The molecule has 0 saturated carbocycles. The van der Waals surface area contributed by atoms with E-state index in [4.69, 9.17) is 5.73 Å². The Bertz CT molecular complexity index is 169. The van der Waals surface area contributed by atoms with Crippen molar-refractivity contribution in [2.45, 2.75) is 0 Å². The van der Waals surface area contributed by atoms with Crippen LogP contribution in [0.25, 0.3) is 0 Å². The highest BCUT2D eigenvalue weighted by Gasteiger charge is 2.20. The number of rotatable bonds is 1. The van der Waals surface area contributed by atoms with E-state index >= 15 is 0 Å². The molecule has 0 aromatic rings. The van der Waals surface area contributed by atoms with E-state index < -0.39 is 6.03 Å². The minimum absolute atomic E-state index is 0.376. The number of hydrogen-bond donors (Lipinski definition) is 3. The Kier molecular flexibility index (Phi) is 1.61. The molecular formula is C4H7N4O2. The Morgan fingerprint density at radius 3 is 3.00 bits per heavy atom. The van der Waals surface area contributed by atoms with Gasteiger partial charge in [-0.25, -0.2) is 20.0 Å². The summed E-state index contributed by atoms with van der Waals surface area (Å²) in [4.78, 5) is 20.8. The molecule has 0 spiro atoms. The second-order valence-corrected chi connectivity index (χ2v) is 1.71. The molecule has 1 aliphatic rings. The first-order valence-corrected chi connectivity index (χ1v) is 2.66. The molecule has 4 amide bonds. The van der Waals surface area contributed by atoms with Crippen LogP contribution in [0, 0.1) is 6.54 Å². The van der Waals surface area contributed by atoms with Crippen LogP contribution in [0.15, 0.2) is 0 Å². The van der Waals surface area contributed by atoms with Crippen LogP contribution in [-0.4, -0.2) is 23.6 Å². The van der Waals surface area contributed by atoms with E-state index in [2.05, 4.69) is 10.7 Å². The van der Waals surface area contributed by atoms with Crippen molar-refractivity contribution >= 4 is 12.1 Å². The summed E-state index contributed by atoms with van der Waals surface area (Å²) >= 11 is 0. The van der Waals surface area contributed by atoms with E-state index in [1.54, 1.807) is 0 Å². The molecule has 10 heavy (non-hydrogen) atoms. The van der Waals surface area contributed by atoms with Gasteiger partial charge >= 0.3 is 12.1 Å². The third-order valence-corrected chi connectivity index (χ3v) is 0.977. The summed E-state index contributed by atoms with van der Waals surface area (Å²) in [6.45, 7) is 1.90. The van der Waals surface area contributed by atoms with Crippen LogP contribution in [0.4, 0.5) is 9.59 Å². The van der Waals surface area contributed by atoms with Gasteiger partial charge in [0.25, 0.3) is 0 Å². The number of carbonyl (C=O) groups is 2. The average molecular weight is 143 g/mol. The molecule has 0 aromatic carbocycles. The van der Waals surface area contributed by atoms with Gasteiger partial charge in [-0.15, -0.1) is 0 Å². The topological polar surface area (TPSA) is 87.5 Å². The molecule has 0 unspecified atom stereocenters. The SMILES string of the molecule is NC(=O)NN1[CH]CNC1=O. The standard InChI is InChI=1S/C4H7N4O2/c5-3(9)7-8-2-1-6-4(8)10/h2H,1H2,(H,6,10)(H3,5,7,9). The molecule has 0 atom stereocenters. The minimum Gasteiger partial charge on any atom is -0.350 e. The normalized spacial score (nSPS) is 16.8. The molecule has 0 bridgehead atoms. The molecule has 6 nitrogen and oxygen atoms in total. The lowest BCUT2D eigenvalue weighted by Crippen LogP contribution is -2.45. The van der Waals surface area contributed by atoms with Crippen molar-refractivity contribution in [2.75, 3.05) is 6.54 Å². The Balaban J connectivity index is 2.40. The van der Waals surface area contributed by atoms with Gasteiger partial charge in [-0.3, -0.25) is 0 Å². The molecule has 1 rings (SSSR count). The van der Waals surface area contributed by atoms with Crippen LogP contribution >= 0.6 is 0 Å². The van der Waals surface area contributed by atoms with E-state index in [-0.39, 0.29) is 6.03 Å². The van der Waals surface area contributed by atoms with Gasteiger partial charge in [0.05, 0.1) is 6.54 Å². The maximum absolute atomic E-state index is 10.6. The van der Waals surface area contributed by atoms with Crippen LogP contribution in [-0.2, 0) is 0 Å². The van der Waals surface area contributed by atoms with Crippen molar-refractivity contribution in [1.82, 2.24) is 15.8 Å². The molecule has 1 saturated heterocycles. The van der Waals surface area contributed by atoms with Crippen molar-refractivity contribution in [3.05, 3.63) is 6.54 Å². The van der Waals surface area contributed by atoms with Gasteiger partial charge in [-0.1, -0.05) is 0 Å². The van der Waals surface area contributed by atoms with E-state index in [1.165, 1.54) is 6.54 Å². The second kappa shape index (κ2) is 2.42. The highest BCUT2D eigenvalue weighted by molar-refractivity contribution is 5.81. The number of hydrazine groups is 1. The molecule has 1 radical (unpaired) electrons. The van der Waals surface area contributed by atoms with Crippen LogP contribution in [0.2, 0.25) is 0 Å². The quantitative estimate of drug-likeness (QED) is 0.428. The molecule has 4 N–H and O–H groups in total. The lowest BCUT2D eigenvalue weighted by atomic mass is 10.7. The number of nitrogens with two attached hydrogens (primary N) is 1. The highest BCUT2D eigenvalue weighted by Crippen LogP contribution is 1.94. The molecule has 1 aliphatic heterocycles. The van der Waals surface area contributed by atoms with Gasteiger partial charge in [0, 0.05) is 6.54 Å². The first-order valence-electron chi connectivity index (χ1n) is 2.66. The lowest BCUT2D eigenvalue weighted by molar-refractivity contribution is 0.198. The largest absolute Gasteiger partial charge is 0.350 e. The van der Waals surface area contributed by atoms with Crippen LogP contribution in [0.5, 0.6) is 0 Å². The molecule has 55 valence electrons. The van der Waals surface area contributed by atoms with Gasteiger partial charge < -0.3 is 11.1 Å². The summed E-state index contributed by atoms with van der Waals surface area (Å²) in [5, 5.41) is 3.44. The third kappa shape index (κ3) is 1.28. The molecule has 0 aromatic heterocycles. The summed E-state index contributed by atoms with van der Waals surface area (Å²) in [6.07, 6.45) is 0. The monoisotopic (exact) mass is 143 g/mol. The van der Waals surface area contributed by atoms with Gasteiger partial charge in [0.15, 0.2) is 0 Å². The molecular weight excluding hydrogens is 136 g/mol. The number of nitrogens with one attached hydrogen (secondary N) is 2. The van der Waals surface area contributed by atoms with Gasteiger partial charge in [-0.2, -0.15) is 0 Å². The number of hydrogen-bond acceptors (Lipinski definition) is 2. The molecule has 1 fully saturated rings. The van der Waals surface area contributed by atoms with E-state index in [0.717, 1.165) is 5.01 Å². The average Bonchev–Trinajstić information content (AvgIpc) is 2.15. The summed E-state index contributed by atoms with van der Waals surface area (Å²) in [7, 11) is 0.